The smallest absolute Gasteiger partial charge is 0.329 e. The Balaban J connectivity index is 3.45. The highest BCUT2D eigenvalue weighted by Gasteiger charge is 2.25. The normalized spacial score (nSPS) is 10.1. The van der Waals surface area contributed by atoms with E-state index in [0.29, 0.717) is 18.5 Å². The first-order valence-corrected chi connectivity index (χ1v) is 10.4. The number of Topliss-reactive ketones (excluding diaryl/α,β-unsaturated/α-hetero) is 2. The Hall–Kier alpha value is -0.710. The van der Waals surface area contributed by atoms with Crippen molar-refractivity contribution in [2.45, 2.75) is 20.8 Å². The van der Waals surface area contributed by atoms with E-state index in [1.807, 2.05) is 45.2 Å². The Bertz CT molecular complexity index is 722. The second-order valence-corrected chi connectivity index (χ2v) is 8.44. The van der Waals surface area contributed by atoms with E-state index < -0.39 is 11.9 Å². The van der Waals surface area contributed by atoms with Gasteiger partial charge in [-0.2, -0.15) is 5.48 Å². The third-order valence-corrected chi connectivity index (χ3v) is 6.10. The zero-order chi connectivity index (χ0) is 20.0. The number of nitrogens with one attached hydrogen (secondary N) is 3. The molecule has 3 N–H and O–H groups in total. The summed E-state index contributed by atoms with van der Waals surface area (Å²) in [4.78, 5) is 50.7. The predicted molar refractivity (Wildman–Crippen MR) is 122 cm³/mol. The van der Waals surface area contributed by atoms with Crippen LogP contribution >= 0.6 is 67.8 Å². The Morgan fingerprint density at radius 2 is 1.23 bits per heavy atom. The fraction of sp³-hybridized carbons (Fsp3) is 0.333. The van der Waals surface area contributed by atoms with E-state index in [-0.39, 0.29) is 30.2 Å². The highest BCUT2D eigenvalue weighted by atomic mass is 127. The molecular formula is C15H16I3N3O5. The molecule has 0 aromatic heterocycles. The average molecular weight is 699 g/mol. The molecule has 0 fully saturated rings. The summed E-state index contributed by atoms with van der Waals surface area (Å²) in [7, 11) is 0. The largest absolute Gasteiger partial charge is 0.376 e. The van der Waals surface area contributed by atoms with Crippen molar-refractivity contribution < 1.29 is 24.0 Å². The van der Waals surface area contributed by atoms with Crippen LogP contribution in [0.5, 0.6) is 0 Å². The maximum Gasteiger partial charge on any atom is 0.329 e. The lowest BCUT2D eigenvalue weighted by molar-refractivity contribution is -0.146. The van der Waals surface area contributed by atoms with E-state index in [4.69, 9.17) is 0 Å². The summed E-state index contributed by atoms with van der Waals surface area (Å²) >= 11 is 6.06. The van der Waals surface area contributed by atoms with Crippen LogP contribution in [0.25, 0.3) is 0 Å². The average Bonchev–Trinajstić information content (AvgIpc) is 2.51. The maximum atomic E-state index is 12.5. The van der Waals surface area contributed by atoms with Gasteiger partial charge in [-0.05, 0) is 81.6 Å². The van der Waals surface area contributed by atoms with Crippen molar-refractivity contribution in [2.75, 3.05) is 23.7 Å². The standard InChI is InChI=1S/C15H16I3N3O5/c1-6(22)4-19-13-10(16)9(15(25)21-26-8(3)24)11(17)14(12(13)18)20-5-7(2)23/h19-20H,4-5H2,1-3H3,(H,21,25). The number of hydrogen-bond donors (Lipinski definition) is 3. The Morgan fingerprint density at radius 3 is 1.58 bits per heavy atom. The summed E-state index contributed by atoms with van der Waals surface area (Å²) in [5.41, 5.74) is 3.53. The minimum atomic E-state index is -0.654. The van der Waals surface area contributed by atoms with Crippen molar-refractivity contribution in [1.82, 2.24) is 5.48 Å². The SMILES string of the molecule is CC(=O)CNc1c(I)c(NCC(C)=O)c(I)c(C(=O)NOC(C)=O)c1I. The van der Waals surface area contributed by atoms with Gasteiger partial charge in [0.05, 0.1) is 40.7 Å². The van der Waals surface area contributed by atoms with Gasteiger partial charge >= 0.3 is 5.97 Å². The highest BCUT2D eigenvalue weighted by Crippen LogP contribution is 2.38. The molecule has 1 aromatic carbocycles. The van der Waals surface area contributed by atoms with Gasteiger partial charge in [0.15, 0.2) is 0 Å². The van der Waals surface area contributed by atoms with Crippen molar-refractivity contribution in [2.24, 2.45) is 0 Å². The van der Waals surface area contributed by atoms with Crippen LogP contribution in [0.15, 0.2) is 0 Å². The van der Waals surface area contributed by atoms with Crippen molar-refractivity contribution in [3.8, 4) is 0 Å². The number of carbonyl (C=O) groups excluding carboxylic acids is 4. The van der Waals surface area contributed by atoms with Crippen LogP contribution < -0.4 is 16.1 Å². The molecule has 0 aliphatic carbocycles. The van der Waals surface area contributed by atoms with Crippen molar-refractivity contribution >= 4 is 103 Å². The molecule has 8 nitrogen and oxygen atoms in total. The van der Waals surface area contributed by atoms with E-state index in [2.05, 4.69) is 43.5 Å². The summed E-state index contributed by atoms with van der Waals surface area (Å²) in [6.07, 6.45) is 0. The first-order chi connectivity index (χ1) is 12.1. The maximum absolute atomic E-state index is 12.5. The predicted octanol–water partition coefficient (Wildman–Crippen LogP) is 2.71. The number of hydroxylamine groups is 1. The number of rotatable bonds is 7. The van der Waals surface area contributed by atoms with Gasteiger partial charge < -0.3 is 15.5 Å². The number of anilines is 2. The van der Waals surface area contributed by atoms with E-state index in [1.165, 1.54) is 20.8 Å². The number of halogens is 3. The van der Waals surface area contributed by atoms with Crippen LogP contribution in [0.4, 0.5) is 11.4 Å². The molecule has 1 aromatic rings. The van der Waals surface area contributed by atoms with Crippen LogP contribution in [-0.2, 0) is 19.2 Å². The Morgan fingerprint density at radius 1 is 0.808 bits per heavy atom. The molecule has 0 saturated carbocycles. The number of amides is 1. The topological polar surface area (TPSA) is 114 Å². The molecule has 1 amide bonds. The van der Waals surface area contributed by atoms with Crippen LogP contribution in [-0.4, -0.2) is 36.5 Å². The molecule has 1 rings (SSSR count). The third kappa shape index (κ3) is 6.47. The number of ketones is 2. The summed E-state index contributed by atoms with van der Waals surface area (Å²) in [6, 6.07) is 0. The van der Waals surface area contributed by atoms with E-state index in [9.17, 15) is 19.2 Å². The second-order valence-electron chi connectivity index (χ2n) is 5.20. The van der Waals surface area contributed by atoms with E-state index in [1.54, 1.807) is 0 Å². The van der Waals surface area contributed by atoms with Gasteiger partial charge in [0.1, 0.15) is 11.6 Å². The molecule has 0 aliphatic heterocycles. The van der Waals surface area contributed by atoms with Gasteiger partial charge in [0, 0.05) is 6.92 Å². The monoisotopic (exact) mass is 699 g/mol. The highest BCUT2D eigenvalue weighted by molar-refractivity contribution is 14.1. The molecule has 0 spiro atoms. The Kier molecular flexibility index (Phi) is 9.49. The molecule has 142 valence electrons. The van der Waals surface area contributed by atoms with Crippen molar-refractivity contribution in [3.05, 3.63) is 16.3 Å². The van der Waals surface area contributed by atoms with Gasteiger partial charge in [-0.1, -0.05) is 0 Å². The summed E-state index contributed by atoms with van der Waals surface area (Å²) in [5, 5.41) is 6.03. The van der Waals surface area contributed by atoms with Crippen LogP contribution in [0.3, 0.4) is 0 Å². The van der Waals surface area contributed by atoms with Crippen molar-refractivity contribution in [3.63, 3.8) is 0 Å². The molecule has 26 heavy (non-hydrogen) atoms. The number of benzene rings is 1. The lowest BCUT2D eigenvalue weighted by atomic mass is 10.1. The lowest BCUT2D eigenvalue weighted by Crippen LogP contribution is -2.29. The van der Waals surface area contributed by atoms with Gasteiger partial charge in [-0.15, -0.1) is 0 Å². The fourth-order valence-corrected chi connectivity index (χ4v) is 6.19. The fourth-order valence-electron chi connectivity index (χ4n) is 1.77. The van der Waals surface area contributed by atoms with Crippen LogP contribution in [0.2, 0.25) is 0 Å². The van der Waals surface area contributed by atoms with Crippen LogP contribution in [0.1, 0.15) is 31.1 Å². The van der Waals surface area contributed by atoms with Gasteiger partial charge in [0.2, 0.25) is 0 Å². The zero-order valence-corrected chi connectivity index (χ0v) is 20.6. The molecule has 0 aliphatic rings. The minimum Gasteiger partial charge on any atom is -0.376 e. The molecule has 0 bridgehead atoms. The molecule has 0 heterocycles. The second kappa shape index (κ2) is 10.6. The lowest BCUT2D eigenvalue weighted by Gasteiger charge is -2.20. The molecule has 0 saturated heterocycles. The molecule has 11 heteroatoms. The quantitative estimate of drug-likeness (QED) is 0.297. The van der Waals surface area contributed by atoms with Gasteiger partial charge in [-0.25, -0.2) is 0 Å². The minimum absolute atomic E-state index is 0.0701. The van der Waals surface area contributed by atoms with E-state index >= 15 is 0 Å². The van der Waals surface area contributed by atoms with Crippen molar-refractivity contribution in [1.29, 1.82) is 0 Å². The Labute approximate surface area is 191 Å². The zero-order valence-electron chi connectivity index (χ0n) is 14.1. The first kappa shape index (κ1) is 23.3. The molecule has 0 radical (unpaired) electrons. The third-order valence-electron chi connectivity index (χ3n) is 2.86. The van der Waals surface area contributed by atoms with Gasteiger partial charge in [-0.3, -0.25) is 19.2 Å². The first-order valence-electron chi connectivity index (χ1n) is 7.21. The summed E-state index contributed by atoms with van der Waals surface area (Å²) in [6.45, 7) is 4.24. The number of hydrogen-bond acceptors (Lipinski definition) is 7. The molecule has 0 unspecified atom stereocenters. The number of carbonyl (C=O) groups is 4. The molecule has 0 atom stereocenters. The van der Waals surface area contributed by atoms with Gasteiger partial charge in [0.25, 0.3) is 5.91 Å². The molecular weight excluding hydrogens is 683 g/mol. The van der Waals surface area contributed by atoms with Crippen LogP contribution in [0, 0.1) is 10.7 Å². The summed E-state index contributed by atoms with van der Waals surface area (Å²) in [5.74, 6) is -1.40. The summed E-state index contributed by atoms with van der Waals surface area (Å²) < 4.78 is 1.87. The van der Waals surface area contributed by atoms with E-state index in [0.717, 1.165) is 3.57 Å².